The van der Waals surface area contributed by atoms with Gasteiger partial charge < -0.3 is 13.7 Å². The maximum atomic E-state index is 11.1. The number of nitriles is 4. The summed E-state index contributed by atoms with van der Waals surface area (Å²) in [6.07, 6.45) is 0. The third kappa shape index (κ3) is 7.90. The van der Waals surface area contributed by atoms with E-state index in [1.807, 2.05) is 91.0 Å². The van der Waals surface area contributed by atoms with Gasteiger partial charge in [-0.05, 0) is 120 Å². The van der Waals surface area contributed by atoms with Gasteiger partial charge in [-0.3, -0.25) is 0 Å². The van der Waals surface area contributed by atoms with Crippen molar-refractivity contribution >= 4 is 65.4 Å². The highest BCUT2D eigenvalue weighted by atomic mass is 15.0. The molecule has 0 spiro atoms. The Labute approximate surface area is 476 Å². The lowest BCUT2D eigenvalue weighted by molar-refractivity contribution is 1.15. The SMILES string of the molecule is N#Cc1cccc(-c2cc(-c3ccc(-c4ccc(-c5cc(C#N)c(-n6c7ccc(-n8c9ccccc9c9ccccc98)cc7c7cc(-n8c9ccccc9c9ccccc98)ccc76)cc5C#N)cc4)cc3)nc(-c3cccc(C#N)c3)n2)c1. The second-order valence-electron chi connectivity index (χ2n) is 20.6. The van der Waals surface area contributed by atoms with Crippen molar-refractivity contribution in [1.29, 1.82) is 21.0 Å². The molecular formula is C74H41N9. The van der Waals surface area contributed by atoms with Crippen LogP contribution in [0.2, 0.25) is 0 Å². The smallest absolute Gasteiger partial charge is 0.160 e. The number of hydrogen-bond donors (Lipinski definition) is 0. The average Bonchev–Trinajstić information content (AvgIpc) is 2.56. The van der Waals surface area contributed by atoms with Crippen LogP contribution in [-0.2, 0) is 0 Å². The van der Waals surface area contributed by atoms with Crippen molar-refractivity contribution in [2.24, 2.45) is 0 Å². The summed E-state index contributed by atoms with van der Waals surface area (Å²) in [6.45, 7) is 0. The zero-order valence-corrected chi connectivity index (χ0v) is 44.2. The van der Waals surface area contributed by atoms with E-state index in [-0.39, 0.29) is 0 Å². The number of nitrogens with zero attached hydrogens (tertiary/aromatic N) is 9. The molecule has 382 valence electrons. The minimum Gasteiger partial charge on any atom is -0.309 e. The maximum Gasteiger partial charge on any atom is 0.160 e. The van der Waals surface area contributed by atoms with Gasteiger partial charge in [0.2, 0.25) is 0 Å². The lowest BCUT2D eigenvalue weighted by Crippen LogP contribution is -2.01. The highest BCUT2D eigenvalue weighted by molar-refractivity contribution is 6.14. The molecule has 0 aliphatic rings. The molecule has 0 radical (unpaired) electrons. The van der Waals surface area contributed by atoms with Crippen molar-refractivity contribution < 1.29 is 0 Å². The Hall–Kier alpha value is -12.1. The second kappa shape index (κ2) is 19.3. The molecule has 0 saturated carbocycles. The number of aromatic nitrogens is 5. The van der Waals surface area contributed by atoms with Gasteiger partial charge in [-0.2, -0.15) is 21.0 Å². The standard InChI is InChI=1S/C74H41N9/c75-42-46-11-9-13-52(35-46)66-41-65(79-74(80-66)53-14-10-12-47(36-53)43-76)51-29-25-49(26-30-51)48-23-27-50(28-24-48)62-37-55(45-78)73(38-54(62)44-77)83-71-33-31-56(81-67-19-5-1-15-58(67)59-16-2-6-20-68(59)81)39-63(71)64-40-57(32-34-72(64)83)82-69-21-7-3-17-60(69)61-18-4-8-22-70(61)82/h1-41H. The molecule has 15 rings (SSSR count). The van der Waals surface area contributed by atoms with Gasteiger partial charge in [-0.25, -0.2) is 9.97 Å². The molecule has 0 aliphatic heterocycles. The third-order valence-electron chi connectivity index (χ3n) is 16.0. The van der Waals surface area contributed by atoms with Crippen LogP contribution >= 0.6 is 0 Å². The van der Waals surface area contributed by atoms with Crippen LogP contribution < -0.4 is 0 Å². The van der Waals surface area contributed by atoms with Crippen molar-refractivity contribution in [2.45, 2.75) is 0 Å². The molecule has 9 heteroatoms. The Balaban J connectivity index is 0.824. The van der Waals surface area contributed by atoms with Crippen molar-refractivity contribution in [2.75, 3.05) is 0 Å². The van der Waals surface area contributed by atoms with Crippen LogP contribution in [0.15, 0.2) is 249 Å². The Morgan fingerprint density at radius 3 is 1.18 bits per heavy atom. The van der Waals surface area contributed by atoms with Gasteiger partial charge in [-0.15, -0.1) is 0 Å². The number of para-hydroxylation sites is 4. The molecule has 0 unspecified atom stereocenters. The zero-order valence-electron chi connectivity index (χ0n) is 44.2. The lowest BCUT2D eigenvalue weighted by atomic mass is 9.94. The summed E-state index contributed by atoms with van der Waals surface area (Å²) in [4.78, 5) is 9.87. The van der Waals surface area contributed by atoms with Gasteiger partial charge in [0.05, 0.1) is 90.6 Å². The van der Waals surface area contributed by atoms with Crippen molar-refractivity contribution in [3.05, 3.63) is 271 Å². The zero-order chi connectivity index (χ0) is 55.7. The van der Waals surface area contributed by atoms with Crippen LogP contribution in [0.1, 0.15) is 22.3 Å². The normalized spacial score (nSPS) is 11.3. The highest BCUT2D eigenvalue weighted by Crippen LogP contribution is 2.42. The van der Waals surface area contributed by atoms with E-state index < -0.39 is 0 Å². The summed E-state index contributed by atoms with van der Waals surface area (Å²) < 4.78 is 6.81. The summed E-state index contributed by atoms with van der Waals surface area (Å²) >= 11 is 0. The van der Waals surface area contributed by atoms with Gasteiger partial charge in [0.15, 0.2) is 5.82 Å². The van der Waals surface area contributed by atoms with E-state index in [1.165, 1.54) is 21.5 Å². The predicted octanol–water partition coefficient (Wildman–Crippen LogP) is 17.6. The summed E-state index contributed by atoms with van der Waals surface area (Å²) in [5.74, 6) is 0.464. The highest BCUT2D eigenvalue weighted by Gasteiger charge is 2.22. The summed E-state index contributed by atoms with van der Waals surface area (Å²) in [7, 11) is 0. The lowest BCUT2D eigenvalue weighted by Gasteiger charge is -2.15. The van der Waals surface area contributed by atoms with E-state index in [9.17, 15) is 21.0 Å². The first-order chi connectivity index (χ1) is 40.9. The van der Waals surface area contributed by atoms with Crippen LogP contribution in [0.3, 0.4) is 0 Å². The van der Waals surface area contributed by atoms with Crippen molar-refractivity contribution in [3.63, 3.8) is 0 Å². The van der Waals surface area contributed by atoms with Crippen LogP contribution in [-0.4, -0.2) is 23.7 Å². The molecule has 4 heterocycles. The fraction of sp³-hybridized carbons (Fsp3) is 0. The van der Waals surface area contributed by atoms with Gasteiger partial charge in [-0.1, -0.05) is 146 Å². The van der Waals surface area contributed by atoms with Crippen LogP contribution in [0, 0.1) is 45.3 Å². The Kier molecular flexibility index (Phi) is 11.2. The minimum atomic E-state index is 0.432. The molecule has 4 aromatic heterocycles. The first kappa shape index (κ1) is 48.0. The molecule has 0 N–H and O–H groups in total. The van der Waals surface area contributed by atoms with E-state index in [0.29, 0.717) is 56.3 Å². The van der Waals surface area contributed by atoms with Crippen LogP contribution in [0.5, 0.6) is 0 Å². The number of rotatable bonds is 8. The molecule has 83 heavy (non-hydrogen) atoms. The molecule has 11 aromatic carbocycles. The van der Waals surface area contributed by atoms with E-state index in [0.717, 1.165) is 83.1 Å². The predicted molar refractivity (Wildman–Crippen MR) is 331 cm³/mol. The Morgan fingerprint density at radius 1 is 0.277 bits per heavy atom. The molecule has 0 bridgehead atoms. The molecule has 15 aromatic rings. The summed E-state index contributed by atoms with van der Waals surface area (Å²) in [5.41, 5.74) is 17.9. The van der Waals surface area contributed by atoms with Crippen LogP contribution in [0.4, 0.5) is 0 Å². The first-order valence-electron chi connectivity index (χ1n) is 27.1. The monoisotopic (exact) mass is 1060 g/mol. The van der Waals surface area contributed by atoms with E-state index in [2.05, 4.69) is 171 Å². The number of benzene rings is 11. The third-order valence-corrected chi connectivity index (χ3v) is 16.0. The molecular weight excluding hydrogens is 1010 g/mol. The topological polar surface area (TPSA) is 136 Å². The molecule has 9 nitrogen and oxygen atoms in total. The van der Waals surface area contributed by atoms with E-state index >= 15 is 0 Å². The largest absolute Gasteiger partial charge is 0.309 e. The molecule has 0 fully saturated rings. The van der Waals surface area contributed by atoms with E-state index in [4.69, 9.17) is 9.97 Å². The second-order valence-corrected chi connectivity index (χ2v) is 20.6. The average molecular weight is 1060 g/mol. The summed E-state index contributed by atoms with van der Waals surface area (Å²) in [5, 5.41) is 48.2. The molecule has 0 aliphatic carbocycles. The minimum absolute atomic E-state index is 0.432. The molecule has 0 atom stereocenters. The van der Waals surface area contributed by atoms with Crippen molar-refractivity contribution in [1.82, 2.24) is 23.7 Å². The molecule has 0 saturated heterocycles. The van der Waals surface area contributed by atoms with Gasteiger partial charge >= 0.3 is 0 Å². The van der Waals surface area contributed by atoms with Gasteiger partial charge in [0.1, 0.15) is 6.07 Å². The van der Waals surface area contributed by atoms with Crippen LogP contribution in [0.25, 0.3) is 139 Å². The fourth-order valence-electron chi connectivity index (χ4n) is 12.2. The number of hydrogen-bond acceptors (Lipinski definition) is 6. The van der Waals surface area contributed by atoms with Gasteiger partial charge in [0, 0.05) is 65.9 Å². The summed E-state index contributed by atoms with van der Waals surface area (Å²) in [6, 6.07) is 93.1. The molecule has 0 amide bonds. The quantitative estimate of drug-likeness (QED) is 0.149. The fourth-order valence-corrected chi connectivity index (χ4v) is 12.2. The van der Waals surface area contributed by atoms with Gasteiger partial charge in [0.25, 0.3) is 0 Å². The Morgan fingerprint density at radius 2 is 0.699 bits per heavy atom. The number of fused-ring (bicyclic) bond motifs is 9. The van der Waals surface area contributed by atoms with E-state index in [1.54, 1.807) is 24.3 Å². The van der Waals surface area contributed by atoms with Crippen molar-refractivity contribution in [3.8, 4) is 97.5 Å². The first-order valence-corrected chi connectivity index (χ1v) is 27.1. The Bertz CT molecular complexity index is 5020. The maximum absolute atomic E-state index is 11.1.